The van der Waals surface area contributed by atoms with Crippen LogP contribution in [0.4, 0.5) is 0 Å². The molecule has 5 heteroatoms. The van der Waals surface area contributed by atoms with Gasteiger partial charge in [0.25, 0.3) is 0 Å². The van der Waals surface area contributed by atoms with Crippen LogP contribution in [-0.4, -0.2) is 50.3 Å². The van der Waals surface area contributed by atoms with Crippen molar-refractivity contribution in [1.82, 2.24) is 15.5 Å². The van der Waals surface area contributed by atoms with E-state index >= 15 is 0 Å². The smallest absolute Gasteiger partial charge is 0.191 e. The molecule has 1 atom stereocenters. The SMILES string of the molecule is CCNC(=NCc1ccccc1CN1CCC(C)CC1)NC(C)COC. The summed E-state index contributed by atoms with van der Waals surface area (Å²) in [5.41, 5.74) is 2.70. The van der Waals surface area contributed by atoms with Gasteiger partial charge in [-0.1, -0.05) is 31.2 Å². The van der Waals surface area contributed by atoms with Crippen molar-refractivity contribution in [3.05, 3.63) is 35.4 Å². The van der Waals surface area contributed by atoms with Crippen LogP contribution in [0.1, 0.15) is 44.7 Å². The summed E-state index contributed by atoms with van der Waals surface area (Å²) >= 11 is 0. The quantitative estimate of drug-likeness (QED) is 0.553. The maximum absolute atomic E-state index is 5.21. The average Bonchev–Trinajstić information content (AvgIpc) is 2.63. The van der Waals surface area contributed by atoms with Gasteiger partial charge in [0, 0.05) is 26.2 Å². The fourth-order valence-corrected chi connectivity index (χ4v) is 3.34. The molecule has 1 aromatic carbocycles. The highest BCUT2D eigenvalue weighted by atomic mass is 16.5. The first-order valence-corrected chi connectivity index (χ1v) is 9.95. The highest BCUT2D eigenvalue weighted by Gasteiger charge is 2.16. The maximum Gasteiger partial charge on any atom is 0.191 e. The molecule has 26 heavy (non-hydrogen) atoms. The van der Waals surface area contributed by atoms with Gasteiger partial charge in [-0.05, 0) is 56.8 Å². The zero-order chi connectivity index (χ0) is 18.8. The molecule has 2 rings (SSSR count). The number of nitrogens with one attached hydrogen (secondary N) is 2. The van der Waals surface area contributed by atoms with E-state index in [2.05, 4.69) is 60.6 Å². The maximum atomic E-state index is 5.21. The molecule has 1 aliphatic rings. The summed E-state index contributed by atoms with van der Waals surface area (Å²) in [6.45, 7) is 12.2. The second-order valence-corrected chi connectivity index (χ2v) is 7.42. The standard InChI is InChI=1S/C21H36N4O/c1-5-22-21(24-18(3)16-26-4)23-14-19-8-6-7-9-20(19)15-25-12-10-17(2)11-13-25/h6-9,17-18H,5,10-16H2,1-4H3,(H2,22,23,24). The normalized spacial score (nSPS) is 17.9. The van der Waals surface area contributed by atoms with Crippen molar-refractivity contribution in [3.63, 3.8) is 0 Å². The van der Waals surface area contributed by atoms with E-state index < -0.39 is 0 Å². The van der Waals surface area contributed by atoms with Gasteiger partial charge in [-0.3, -0.25) is 4.90 Å². The molecule has 1 fully saturated rings. The van der Waals surface area contributed by atoms with Gasteiger partial charge in [0.1, 0.15) is 0 Å². The minimum absolute atomic E-state index is 0.225. The highest BCUT2D eigenvalue weighted by Crippen LogP contribution is 2.20. The summed E-state index contributed by atoms with van der Waals surface area (Å²) in [4.78, 5) is 7.37. The van der Waals surface area contributed by atoms with E-state index in [0.717, 1.165) is 25.0 Å². The van der Waals surface area contributed by atoms with Gasteiger partial charge in [-0.2, -0.15) is 0 Å². The molecule has 0 aliphatic carbocycles. The molecule has 5 nitrogen and oxygen atoms in total. The fourth-order valence-electron chi connectivity index (χ4n) is 3.34. The van der Waals surface area contributed by atoms with Crippen molar-refractivity contribution in [1.29, 1.82) is 0 Å². The van der Waals surface area contributed by atoms with Crippen LogP contribution in [0.15, 0.2) is 29.3 Å². The number of likely N-dealkylation sites (tertiary alicyclic amines) is 1. The lowest BCUT2D eigenvalue weighted by Gasteiger charge is -2.30. The third kappa shape index (κ3) is 6.96. The van der Waals surface area contributed by atoms with Crippen LogP contribution >= 0.6 is 0 Å². The molecule has 0 amide bonds. The molecule has 0 aromatic heterocycles. The molecule has 1 aromatic rings. The Balaban J connectivity index is 2.00. The fraction of sp³-hybridized carbons (Fsp3) is 0.667. The number of guanidine groups is 1. The van der Waals surface area contributed by atoms with Gasteiger partial charge in [0.05, 0.1) is 13.2 Å². The van der Waals surface area contributed by atoms with Crippen molar-refractivity contribution in [2.45, 2.75) is 52.7 Å². The Kier molecular flexibility index (Phi) is 8.92. The van der Waals surface area contributed by atoms with Crippen LogP contribution < -0.4 is 10.6 Å². The van der Waals surface area contributed by atoms with E-state index in [-0.39, 0.29) is 6.04 Å². The Morgan fingerprint density at radius 2 is 1.96 bits per heavy atom. The molecular formula is C21H36N4O. The van der Waals surface area contributed by atoms with E-state index in [1.54, 1.807) is 7.11 Å². The molecule has 146 valence electrons. The number of nitrogens with zero attached hydrogens (tertiary/aromatic N) is 2. The number of rotatable bonds is 8. The Labute approximate surface area is 159 Å². The van der Waals surface area contributed by atoms with E-state index in [0.29, 0.717) is 13.2 Å². The van der Waals surface area contributed by atoms with Gasteiger partial charge < -0.3 is 15.4 Å². The number of ether oxygens (including phenoxy) is 1. The van der Waals surface area contributed by atoms with Gasteiger partial charge in [0.2, 0.25) is 0 Å². The predicted molar refractivity (Wildman–Crippen MR) is 109 cm³/mol. The monoisotopic (exact) mass is 360 g/mol. The summed E-state index contributed by atoms with van der Waals surface area (Å²) in [5, 5.41) is 6.72. The van der Waals surface area contributed by atoms with E-state index in [4.69, 9.17) is 9.73 Å². The van der Waals surface area contributed by atoms with Crippen LogP contribution in [0.3, 0.4) is 0 Å². The van der Waals surface area contributed by atoms with E-state index in [1.165, 1.54) is 37.1 Å². The molecule has 0 spiro atoms. The third-order valence-electron chi connectivity index (χ3n) is 4.94. The van der Waals surface area contributed by atoms with Crippen LogP contribution in [0.5, 0.6) is 0 Å². The molecule has 1 heterocycles. The first-order valence-electron chi connectivity index (χ1n) is 9.95. The zero-order valence-corrected chi connectivity index (χ0v) is 16.9. The molecule has 1 unspecified atom stereocenters. The number of benzene rings is 1. The highest BCUT2D eigenvalue weighted by molar-refractivity contribution is 5.80. The van der Waals surface area contributed by atoms with E-state index in [9.17, 15) is 0 Å². The van der Waals surface area contributed by atoms with Crippen molar-refractivity contribution in [2.75, 3.05) is 33.4 Å². The predicted octanol–water partition coefficient (Wildman–Crippen LogP) is 3.01. The van der Waals surface area contributed by atoms with Crippen molar-refractivity contribution in [3.8, 4) is 0 Å². The minimum Gasteiger partial charge on any atom is -0.383 e. The molecule has 1 saturated heterocycles. The summed E-state index contributed by atoms with van der Waals surface area (Å²) in [6.07, 6.45) is 2.62. The second kappa shape index (κ2) is 11.2. The third-order valence-corrected chi connectivity index (χ3v) is 4.94. The summed E-state index contributed by atoms with van der Waals surface area (Å²) in [6, 6.07) is 8.92. The minimum atomic E-state index is 0.225. The summed E-state index contributed by atoms with van der Waals surface area (Å²) in [7, 11) is 1.72. The number of methoxy groups -OCH3 is 1. The van der Waals surface area contributed by atoms with Crippen molar-refractivity contribution in [2.24, 2.45) is 10.9 Å². The molecule has 0 bridgehead atoms. The van der Waals surface area contributed by atoms with Gasteiger partial charge in [-0.15, -0.1) is 0 Å². The lowest BCUT2D eigenvalue weighted by atomic mass is 9.98. The lowest BCUT2D eigenvalue weighted by Crippen LogP contribution is -2.43. The number of aliphatic imine (C=N–C) groups is 1. The molecule has 1 aliphatic heterocycles. The average molecular weight is 361 g/mol. The number of hydrogen-bond donors (Lipinski definition) is 2. The van der Waals surface area contributed by atoms with Gasteiger partial charge in [0.15, 0.2) is 5.96 Å². The van der Waals surface area contributed by atoms with Crippen molar-refractivity contribution < 1.29 is 4.74 Å². The van der Waals surface area contributed by atoms with Gasteiger partial charge in [-0.25, -0.2) is 4.99 Å². The van der Waals surface area contributed by atoms with Crippen LogP contribution in [0, 0.1) is 5.92 Å². The zero-order valence-electron chi connectivity index (χ0n) is 16.9. The molecule has 2 N–H and O–H groups in total. The summed E-state index contributed by atoms with van der Waals surface area (Å²) in [5.74, 6) is 1.72. The Morgan fingerprint density at radius 3 is 2.62 bits per heavy atom. The number of hydrogen-bond acceptors (Lipinski definition) is 3. The van der Waals surface area contributed by atoms with Crippen LogP contribution in [0.25, 0.3) is 0 Å². The van der Waals surface area contributed by atoms with Crippen LogP contribution in [-0.2, 0) is 17.8 Å². The van der Waals surface area contributed by atoms with Crippen LogP contribution in [0.2, 0.25) is 0 Å². The largest absolute Gasteiger partial charge is 0.383 e. The first kappa shape index (κ1) is 20.7. The van der Waals surface area contributed by atoms with Crippen molar-refractivity contribution >= 4 is 5.96 Å². The Morgan fingerprint density at radius 1 is 1.27 bits per heavy atom. The molecule has 0 saturated carbocycles. The topological polar surface area (TPSA) is 48.9 Å². The second-order valence-electron chi connectivity index (χ2n) is 7.42. The molecule has 0 radical (unpaired) electrons. The molecular weight excluding hydrogens is 324 g/mol. The Bertz CT molecular complexity index is 553. The summed E-state index contributed by atoms with van der Waals surface area (Å²) < 4.78 is 5.21. The number of piperidine rings is 1. The Hall–Kier alpha value is -1.59. The first-order chi connectivity index (χ1) is 12.6. The van der Waals surface area contributed by atoms with E-state index in [1.807, 2.05) is 0 Å². The van der Waals surface area contributed by atoms with Gasteiger partial charge >= 0.3 is 0 Å². The lowest BCUT2D eigenvalue weighted by molar-refractivity contribution is 0.179.